The number of hydrogen-bond acceptors (Lipinski definition) is 4. The summed E-state index contributed by atoms with van der Waals surface area (Å²) in [5.41, 5.74) is 0.752. The Morgan fingerprint density at radius 3 is 2.82 bits per heavy atom. The predicted octanol–water partition coefficient (Wildman–Crippen LogP) is 3.79. The average molecular weight is 320 g/mol. The van der Waals surface area contributed by atoms with Crippen molar-refractivity contribution in [3.8, 4) is 11.5 Å². The molecule has 3 rings (SSSR count). The van der Waals surface area contributed by atoms with Crippen molar-refractivity contribution in [3.63, 3.8) is 0 Å². The molecule has 1 saturated heterocycles. The first-order valence-corrected chi connectivity index (χ1v) is 7.97. The Morgan fingerprint density at radius 2 is 2.09 bits per heavy atom. The molecule has 1 unspecified atom stereocenters. The molecule has 0 aliphatic carbocycles. The molecule has 2 heterocycles. The molecule has 1 aliphatic rings. The Balaban J connectivity index is 1.80. The van der Waals surface area contributed by atoms with Gasteiger partial charge in [-0.3, -0.25) is 4.79 Å². The first-order valence-electron chi connectivity index (χ1n) is 7.59. The monoisotopic (exact) mass is 319 g/mol. The molecule has 1 aromatic carbocycles. The maximum atomic E-state index is 12.6. The molecule has 0 N–H and O–H groups in total. The summed E-state index contributed by atoms with van der Waals surface area (Å²) in [6.07, 6.45) is 4.19. The van der Waals surface area contributed by atoms with Crippen LogP contribution in [-0.2, 0) is 0 Å². The summed E-state index contributed by atoms with van der Waals surface area (Å²) in [7, 11) is 0. The number of halogens is 1. The van der Waals surface area contributed by atoms with Crippen molar-refractivity contribution in [1.29, 1.82) is 0 Å². The molecule has 5 nitrogen and oxygen atoms in total. The normalized spacial score (nSPS) is 18.5. The number of amides is 1. The SMILES string of the molecule is CCC1CCCCN1C(=O)c1nnc(-c2ccc(Cl)cc2)o1. The molecule has 1 atom stereocenters. The number of benzene rings is 1. The van der Waals surface area contributed by atoms with Gasteiger partial charge in [-0.25, -0.2) is 0 Å². The summed E-state index contributed by atoms with van der Waals surface area (Å²) in [4.78, 5) is 14.4. The molecule has 2 aromatic rings. The number of aromatic nitrogens is 2. The Labute approximate surface area is 134 Å². The topological polar surface area (TPSA) is 59.2 Å². The summed E-state index contributed by atoms with van der Waals surface area (Å²) in [6.45, 7) is 2.86. The number of nitrogens with zero attached hydrogens (tertiary/aromatic N) is 3. The van der Waals surface area contributed by atoms with Gasteiger partial charge in [0.15, 0.2) is 0 Å². The maximum absolute atomic E-state index is 12.6. The number of carbonyl (C=O) groups is 1. The minimum Gasteiger partial charge on any atom is -0.412 e. The third kappa shape index (κ3) is 2.99. The van der Waals surface area contributed by atoms with Crippen molar-refractivity contribution in [3.05, 3.63) is 35.2 Å². The van der Waals surface area contributed by atoms with Gasteiger partial charge in [0.05, 0.1) is 0 Å². The second-order valence-electron chi connectivity index (χ2n) is 5.48. The van der Waals surface area contributed by atoms with Crippen LogP contribution < -0.4 is 0 Å². The number of hydrogen-bond donors (Lipinski definition) is 0. The van der Waals surface area contributed by atoms with Gasteiger partial charge in [0.25, 0.3) is 0 Å². The fraction of sp³-hybridized carbons (Fsp3) is 0.438. The van der Waals surface area contributed by atoms with Crippen LogP contribution in [0, 0.1) is 0 Å². The lowest BCUT2D eigenvalue weighted by Crippen LogP contribution is -2.43. The van der Waals surface area contributed by atoms with E-state index in [9.17, 15) is 4.79 Å². The van der Waals surface area contributed by atoms with Crippen LogP contribution in [0.15, 0.2) is 28.7 Å². The van der Waals surface area contributed by atoms with Crippen molar-refractivity contribution >= 4 is 17.5 Å². The molecule has 6 heteroatoms. The second kappa shape index (κ2) is 6.48. The fourth-order valence-corrected chi connectivity index (χ4v) is 2.96. The van der Waals surface area contributed by atoms with E-state index < -0.39 is 0 Å². The standard InChI is InChI=1S/C16H18ClN3O2/c1-2-13-5-3-4-10-20(13)16(21)15-19-18-14(22-15)11-6-8-12(17)9-7-11/h6-9,13H,2-5,10H2,1H3. The largest absolute Gasteiger partial charge is 0.412 e. The van der Waals surface area contributed by atoms with E-state index in [2.05, 4.69) is 17.1 Å². The van der Waals surface area contributed by atoms with Crippen molar-refractivity contribution in [2.45, 2.75) is 38.6 Å². The van der Waals surface area contributed by atoms with Crippen LogP contribution in [0.1, 0.15) is 43.3 Å². The minimum atomic E-state index is -0.167. The van der Waals surface area contributed by atoms with Crippen LogP contribution in [0.2, 0.25) is 5.02 Å². The Hall–Kier alpha value is -1.88. The van der Waals surface area contributed by atoms with Crippen LogP contribution >= 0.6 is 11.6 Å². The first-order chi connectivity index (χ1) is 10.7. The number of likely N-dealkylation sites (tertiary alicyclic amines) is 1. The van der Waals surface area contributed by atoms with Crippen LogP contribution in [-0.4, -0.2) is 33.6 Å². The third-order valence-corrected chi connectivity index (χ3v) is 4.31. The van der Waals surface area contributed by atoms with Gasteiger partial charge < -0.3 is 9.32 Å². The van der Waals surface area contributed by atoms with Gasteiger partial charge in [-0.15, -0.1) is 10.2 Å². The Morgan fingerprint density at radius 1 is 1.32 bits per heavy atom. The summed E-state index contributed by atoms with van der Waals surface area (Å²) in [5, 5.41) is 8.53. The molecule has 1 aliphatic heterocycles. The maximum Gasteiger partial charge on any atom is 0.311 e. The highest BCUT2D eigenvalue weighted by Crippen LogP contribution is 2.24. The quantitative estimate of drug-likeness (QED) is 0.863. The molecule has 0 bridgehead atoms. The smallest absolute Gasteiger partial charge is 0.311 e. The molecule has 1 fully saturated rings. The molecule has 1 amide bonds. The summed E-state index contributed by atoms with van der Waals surface area (Å²) >= 11 is 5.86. The minimum absolute atomic E-state index is 0.0605. The number of piperidine rings is 1. The second-order valence-corrected chi connectivity index (χ2v) is 5.91. The molecular weight excluding hydrogens is 302 g/mol. The first kappa shape index (κ1) is 15.0. The zero-order valence-corrected chi connectivity index (χ0v) is 13.2. The van der Waals surface area contributed by atoms with Gasteiger partial charge in [0.1, 0.15) is 0 Å². The number of carbonyl (C=O) groups excluding carboxylic acids is 1. The lowest BCUT2D eigenvalue weighted by molar-refractivity contribution is 0.0568. The Kier molecular flexibility index (Phi) is 4.43. The van der Waals surface area contributed by atoms with Crippen LogP contribution in [0.4, 0.5) is 0 Å². The average Bonchev–Trinajstić information content (AvgIpc) is 3.05. The third-order valence-electron chi connectivity index (χ3n) is 4.06. The van der Waals surface area contributed by atoms with E-state index in [4.69, 9.17) is 16.0 Å². The van der Waals surface area contributed by atoms with Gasteiger partial charge in [-0.05, 0) is 49.9 Å². The highest BCUT2D eigenvalue weighted by atomic mass is 35.5. The van der Waals surface area contributed by atoms with Crippen LogP contribution in [0.5, 0.6) is 0 Å². The zero-order valence-electron chi connectivity index (χ0n) is 12.5. The van der Waals surface area contributed by atoms with Crippen molar-refractivity contribution in [1.82, 2.24) is 15.1 Å². The van der Waals surface area contributed by atoms with Gasteiger partial charge in [-0.2, -0.15) is 0 Å². The molecule has 116 valence electrons. The molecular formula is C16H18ClN3O2. The molecule has 0 saturated carbocycles. The van der Waals surface area contributed by atoms with Crippen LogP contribution in [0.3, 0.4) is 0 Å². The molecule has 0 spiro atoms. The van der Waals surface area contributed by atoms with E-state index in [0.29, 0.717) is 10.9 Å². The Bertz CT molecular complexity index is 654. The van der Waals surface area contributed by atoms with E-state index in [-0.39, 0.29) is 17.8 Å². The summed E-state index contributed by atoms with van der Waals surface area (Å²) in [5.74, 6) is 0.231. The van der Waals surface area contributed by atoms with Crippen LogP contribution in [0.25, 0.3) is 11.5 Å². The van der Waals surface area contributed by atoms with Crippen molar-refractivity contribution in [2.75, 3.05) is 6.54 Å². The predicted molar refractivity (Wildman–Crippen MR) is 83.7 cm³/mol. The number of rotatable bonds is 3. The lowest BCUT2D eigenvalue weighted by atomic mass is 10.00. The summed E-state index contributed by atoms with van der Waals surface area (Å²) in [6, 6.07) is 7.35. The highest BCUT2D eigenvalue weighted by Gasteiger charge is 2.29. The molecule has 22 heavy (non-hydrogen) atoms. The van der Waals surface area contributed by atoms with E-state index in [0.717, 1.165) is 31.4 Å². The zero-order chi connectivity index (χ0) is 15.5. The molecule has 1 aromatic heterocycles. The van der Waals surface area contributed by atoms with Gasteiger partial charge >= 0.3 is 11.8 Å². The molecule has 0 radical (unpaired) electrons. The van der Waals surface area contributed by atoms with Crippen molar-refractivity contribution in [2.24, 2.45) is 0 Å². The van der Waals surface area contributed by atoms with Gasteiger partial charge in [0.2, 0.25) is 5.89 Å². The van der Waals surface area contributed by atoms with Gasteiger partial charge in [-0.1, -0.05) is 18.5 Å². The highest BCUT2D eigenvalue weighted by molar-refractivity contribution is 6.30. The van der Waals surface area contributed by atoms with Gasteiger partial charge in [0, 0.05) is 23.2 Å². The van der Waals surface area contributed by atoms with E-state index in [1.807, 2.05) is 4.90 Å². The van der Waals surface area contributed by atoms with E-state index in [1.54, 1.807) is 24.3 Å². The summed E-state index contributed by atoms with van der Waals surface area (Å²) < 4.78 is 5.56. The van der Waals surface area contributed by atoms with E-state index in [1.165, 1.54) is 6.42 Å². The fourth-order valence-electron chi connectivity index (χ4n) is 2.83. The van der Waals surface area contributed by atoms with E-state index >= 15 is 0 Å². The van der Waals surface area contributed by atoms with Crippen molar-refractivity contribution < 1.29 is 9.21 Å². The lowest BCUT2D eigenvalue weighted by Gasteiger charge is -2.34.